The third-order valence-electron chi connectivity index (χ3n) is 10.0. The average Bonchev–Trinajstić information content (AvgIpc) is 2.90. The van der Waals surface area contributed by atoms with Crippen molar-refractivity contribution < 1.29 is 39.6 Å². The Morgan fingerprint density at radius 1 is 0.641 bits per heavy atom. The van der Waals surface area contributed by atoms with Gasteiger partial charge >= 0.3 is 11.9 Å². The first kappa shape index (κ1) is 30.2. The molecular formula is C29H48N2O8. The molecule has 4 aliphatic carbocycles. The highest BCUT2D eigenvalue weighted by Crippen LogP contribution is 2.37. The topological polar surface area (TPSA) is 165 Å². The van der Waals surface area contributed by atoms with E-state index < -0.39 is 41.9 Å². The lowest BCUT2D eigenvalue weighted by Gasteiger charge is -2.36. The summed E-state index contributed by atoms with van der Waals surface area (Å²) in [4.78, 5) is 41.7. The highest BCUT2D eigenvalue weighted by molar-refractivity contribution is 5.85. The van der Waals surface area contributed by atoms with Gasteiger partial charge in [-0.05, 0) is 114 Å². The molecule has 4 aliphatic rings. The van der Waals surface area contributed by atoms with Crippen LogP contribution in [-0.2, 0) is 19.2 Å². The van der Waals surface area contributed by atoms with Crippen LogP contribution in [0, 0.1) is 35.5 Å². The molecule has 6 N–H and O–H groups in total. The molecule has 0 aromatic carbocycles. The smallest absolute Gasteiger partial charge is 0.307 e. The average molecular weight is 553 g/mol. The van der Waals surface area contributed by atoms with Crippen molar-refractivity contribution in [1.29, 1.82) is 0 Å². The van der Waals surface area contributed by atoms with Gasteiger partial charge in [0, 0.05) is 12.1 Å². The number of aliphatic hydroxyl groups excluding tert-OH is 2. The Bertz CT molecular complexity index is 824. The maximum absolute atomic E-state index is 12.8. The number of hydrogen-bond donors (Lipinski definition) is 6. The maximum atomic E-state index is 12.8. The van der Waals surface area contributed by atoms with Crippen molar-refractivity contribution in [3.8, 4) is 0 Å². The highest BCUT2D eigenvalue weighted by atomic mass is 16.6. The van der Waals surface area contributed by atoms with E-state index in [4.69, 9.17) is 4.84 Å². The Balaban J connectivity index is 1.10. The van der Waals surface area contributed by atoms with Gasteiger partial charge in [-0.25, -0.2) is 0 Å². The van der Waals surface area contributed by atoms with Crippen molar-refractivity contribution >= 4 is 17.8 Å². The lowest BCUT2D eigenvalue weighted by molar-refractivity contribution is -0.151. The second-order valence-corrected chi connectivity index (χ2v) is 12.8. The zero-order valence-electron chi connectivity index (χ0n) is 23.0. The summed E-state index contributed by atoms with van der Waals surface area (Å²) in [5.74, 6) is -2.59. The Labute approximate surface area is 231 Å². The number of rotatable bonds is 10. The molecule has 4 rings (SSSR count). The van der Waals surface area contributed by atoms with Crippen molar-refractivity contribution in [2.24, 2.45) is 35.5 Å². The summed E-state index contributed by atoms with van der Waals surface area (Å²) >= 11 is 0. The Morgan fingerprint density at radius 2 is 1.18 bits per heavy atom. The Kier molecular flexibility index (Phi) is 11.0. The van der Waals surface area contributed by atoms with Gasteiger partial charge in [0.1, 0.15) is 0 Å². The SMILES string of the molecule is O=C(O)C1CCC(O)CC1CONC1CCC(CC2CCC(NC(=O)C3CC(O)CCC3C(=O)O)CC2)CC1. The third kappa shape index (κ3) is 8.62. The number of aliphatic carboxylic acids is 2. The van der Waals surface area contributed by atoms with Crippen molar-refractivity contribution in [2.75, 3.05) is 6.61 Å². The summed E-state index contributed by atoms with van der Waals surface area (Å²) in [6.07, 6.45) is 11.0. The number of carbonyl (C=O) groups excluding carboxylic acids is 1. The zero-order chi connectivity index (χ0) is 27.9. The van der Waals surface area contributed by atoms with Gasteiger partial charge in [0.05, 0.1) is 36.6 Å². The fourth-order valence-corrected chi connectivity index (χ4v) is 7.59. The first-order valence-corrected chi connectivity index (χ1v) is 15.2. The van der Waals surface area contributed by atoms with Crippen LogP contribution in [0.1, 0.15) is 96.3 Å². The second kappa shape index (κ2) is 14.2. The molecule has 4 saturated carbocycles. The summed E-state index contributed by atoms with van der Waals surface area (Å²) in [5.41, 5.74) is 3.16. The minimum atomic E-state index is -0.946. The van der Waals surface area contributed by atoms with E-state index in [1.165, 1.54) is 6.42 Å². The van der Waals surface area contributed by atoms with Gasteiger partial charge in [-0.2, -0.15) is 5.48 Å². The molecule has 0 aliphatic heterocycles. The monoisotopic (exact) mass is 552 g/mol. The number of carboxylic acids is 2. The highest BCUT2D eigenvalue weighted by Gasteiger charge is 2.40. The first-order valence-electron chi connectivity index (χ1n) is 15.2. The first-order chi connectivity index (χ1) is 18.7. The van der Waals surface area contributed by atoms with Crippen LogP contribution in [0.5, 0.6) is 0 Å². The zero-order valence-corrected chi connectivity index (χ0v) is 23.0. The molecule has 0 heterocycles. The molecule has 1 amide bonds. The van der Waals surface area contributed by atoms with Crippen molar-refractivity contribution in [3.05, 3.63) is 0 Å². The van der Waals surface area contributed by atoms with Crippen LogP contribution in [0.4, 0.5) is 0 Å². The predicted octanol–water partition coefficient (Wildman–Crippen LogP) is 2.86. The van der Waals surface area contributed by atoms with E-state index in [9.17, 15) is 34.8 Å². The largest absolute Gasteiger partial charge is 0.481 e. The molecular weight excluding hydrogens is 504 g/mol. The summed E-state index contributed by atoms with van der Waals surface area (Å²) in [7, 11) is 0. The van der Waals surface area contributed by atoms with E-state index in [0.29, 0.717) is 50.5 Å². The van der Waals surface area contributed by atoms with Crippen LogP contribution in [0.2, 0.25) is 0 Å². The minimum absolute atomic E-state index is 0.0883. The van der Waals surface area contributed by atoms with Crippen LogP contribution < -0.4 is 10.8 Å². The molecule has 0 spiro atoms. The molecule has 10 nitrogen and oxygen atoms in total. The van der Waals surface area contributed by atoms with E-state index >= 15 is 0 Å². The molecule has 6 atom stereocenters. The summed E-state index contributed by atoms with van der Waals surface area (Å²) in [5, 5.41) is 41.9. The van der Waals surface area contributed by atoms with Crippen LogP contribution in [-0.4, -0.2) is 69.2 Å². The second-order valence-electron chi connectivity index (χ2n) is 12.8. The standard InChI is InChI=1S/C29H48N2O8/c32-22-9-11-24(28(35)36)19(14-22)16-39-31-21-7-3-18(4-8-21)13-17-1-5-20(6-2-17)30-27(34)26-15-23(33)10-12-25(26)29(37)38/h17-26,31-33H,1-16H2,(H,30,34)(H,35,36)(H,37,38). The van der Waals surface area contributed by atoms with E-state index in [1.54, 1.807) is 0 Å². The van der Waals surface area contributed by atoms with Gasteiger partial charge < -0.3 is 30.6 Å². The van der Waals surface area contributed by atoms with Gasteiger partial charge in [0.15, 0.2) is 0 Å². The predicted molar refractivity (Wildman–Crippen MR) is 142 cm³/mol. The number of hydroxylamine groups is 1. The summed E-state index contributed by atoms with van der Waals surface area (Å²) < 4.78 is 0. The van der Waals surface area contributed by atoms with Crippen molar-refractivity contribution in [3.63, 3.8) is 0 Å². The fourth-order valence-electron chi connectivity index (χ4n) is 7.59. The molecule has 0 aromatic rings. The molecule has 10 heteroatoms. The van der Waals surface area contributed by atoms with Gasteiger partial charge in [-0.15, -0.1) is 0 Å². The number of nitrogens with one attached hydrogen (secondary N) is 2. The van der Waals surface area contributed by atoms with E-state index in [-0.39, 0.29) is 30.3 Å². The van der Waals surface area contributed by atoms with Gasteiger partial charge in [0.2, 0.25) is 5.91 Å². The lowest BCUT2D eigenvalue weighted by atomic mass is 9.75. The maximum Gasteiger partial charge on any atom is 0.307 e. The molecule has 4 fully saturated rings. The molecule has 0 radical (unpaired) electrons. The normalized spacial score (nSPS) is 39.5. The van der Waals surface area contributed by atoms with Crippen molar-refractivity contribution in [1.82, 2.24) is 10.8 Å². The lowest BCUT2D eigenvalue weighted by Crippen LogP contribution is -2.47. The van der Waals surface area contributed by atoms with Crippen LogP contribution >= 0.6 is 0 Å². The Hall–Kier alpha value is -1.75. The summed E-state index contributed by atoms with van der Waals surface area (Å²) in [6.45, 7) is 0.312. The van der Waals surface area contributed by atoms with Gasteiger partial charge in [0.25, 0.3) is 0 Å². The fraction of sp³-hybridized carbons (Fsp3) is 0.897. The number of carboxylic acid groups (broad SMARTS) is 2. The quantitative estimate of drug-likeness (QED) is 0.224. The number of hydrogen-bond acceptors (Lipinski definition) is 7. The van der Waals surface area contributed by atoms with Crippen molar-refractivity contribution in [2.45, 2.75) is 121 Å². The minimum Gasteiger partial charge on any atom is -0.481 e. The van der Waals surface area contributed by atoms with Crippen LogP contribution in [0.25, 0.3) is 0 Å². The van der Waals surface area contributed by atoms with Crippen LogP contribution in [0.15, 0.2) is 0 Å². The van der Waals surface area contributed by atoms with E-state index in [1.807, 2.05) is 0 Å². The molecule has 222 valence electrons. The molecule has 0 aromatic heterocycles. The van der Waals surface area contributed by atoms with Gasteiger partial charge in [-0.1, -0.05) is 0 Å². The van der Waals surface area contributed by atoms with Gasteiger partial charge in [-0.3, -0.25) is 14.4 Å². The number of carbonyl (C=O) groups is 3. The molecule has 39 heavy (non-hydrogen) atoms. The third-order valence-corrected chi connectivity index (χ3v) is 10.0. The van der Waals surface area contributed by atoms with E-state index in [2.05, 4.69) is 10.8 Å². The molecule has 0 bridgehead atoms. The van der Waals surface area contributed by atoms with Crippen LogP contribution in [0.3, 0.4) is 0 Å². The number of aliphatic hydroxyl groups is 2. The number of amides is 1. The van der Waals surface area contributed by atoms with E-state index in [0.717, 1.165) is 51.4 Å². The Morgan fingerprint density at radius 3 is 1.77 bits per heavy atom. The molecule has 6 unspecified atom stereocenters. The molecule has 0 saturated heterocycles. The summed E-state index contributed by atoms with van der Waals surface area (Å²) in [6, 6.07) is 0.363.